The molecular weight excluding hydrogens is 280 g/mol. The Balaban J connectivity index is 2.74. The number of fused-ring (bicyclic) bond motifs is 3. The minimum atomic E-state index is 0.0204. The van der Waals surface area contributed by atoms with Crippen molar-refractivity contribution in [3.63, 3.8) is 0 Å². The Kier molecular flexibility index (Phi) is 2.16. The molecule has 0 saturated heterocycles. The quantitative estimate of drug-likeness (QED) is 0.625. The molecule has 0 bridgehead atoms. The van der Waals surface area contributed by atoms with Crippen LogP contribution in [-0.4, -0.2) is 8.97 Å². The van der Waals surface area contributed by atoms with E-state index in [0.29, 0.717) is 5.52 Å². The van der Waals surface area contributed by atoms with E-state index in [9.17, 15) is 4.79 Å². The first-order valence-electron chi connectivity index (χ1n) is 5.36. The molecule has 0 amide bonds. The molecule has 2 heterocycles. The molecule has 0 fully saturated rings. The zero-order chi connectivity index (χ0) is 12.2. The van der Waals surface area contributed by atoms with Gasteiger partial charge in [-0.2, -0.15) is 0 Å². The first kappa shape index (κ1) is 10.6. The van der Waals surface area contributed by atoms with Crippen LogP contribution in [0.5, 0.6) is 0 Å². The molecular formula is C13H11BrN2O. The van der Waals surface area contributed by atoms with Crippen LogP contribution in [-0.2, 0) is 7.05 Å². The third-order valence-corrected chi connectivity index (χ3v) is 3.71. The summed E-state index contributed by atoms with van der Waals surface area (Å²) in [6.45, 7) is 2.05. The van der Waals surface area contributed by atoms with E-state index < -0.39 is 0 Å². The number of halogens is 1. The van der Waals surface area contributed by atoms with Gasteiger partial charge >= 0.3 is 0 Å². The molecule has 0 saturated carbocycles. The van der Waals surface area contributed by atoms with E-state index in [1.54, 1.807) is 11.6 Å². The molecule has 0 atom stereocenters. The molecule has 0 radical (unpaired) electrons. The average molecular weight is 291 g/mol. The van der Waals surface area contributed by atoms with Crippen LogP contribution in [0.2, 0.25) is 0 Å². The number of aryl methyl sites for hydroxylation is 2. The van der Waals surface area contributed by atoms with Gasteiger partial charge in [0.1, 0.15) is 5.52 Å². The van der Waals surface area contributed by atoms with Gasteiger partial charge < -0.3 is 4.57 Å². The molecule has 0 aliphatic heterocycles. The summed E-state index contributed by atoms with van der Waals surface area (Å²) in [7, 11) is 1.81. The second kappa shape index (κ2) is 3.47. The second-order valence-corrected chi connectivity index (χ2v) is 5.05. The molecule has 3 nitrogen and oxygen atoms in total. The van der Waals surface area contributed by atoms with Crippen LogP contribution in [0, 0.1) is 6.92 Å². The van der Waals surface area contributed by atoms with Gasteiger partial charge in [0.15, 0.2) is 0 Å². The summed E-state index contributed by atoms with van der Waals surface area (Å²) in [6.07, 6.45) is 0. The number of benzene rings is 1. The average Bonchev–Trinajstić information content (AvgIpc) is 2.68. The van der Waals surface area contributed by atoms with Crippen LogP contribution in [0.4, 0.5) is 0 Å². The monoisotopic (exact) mass is 290 g/mol. The van der Waals surface area contributed by atoms with Crippen molar-refractivity contribution in [2.45, 2.75) is 6.92 Å². The predicted molar refractivity (Wildman–Crippen MR) is 72.6 cm³/mol. The Morgan fingerprint density at radius 3 is 2.53 bits per heavy atom. The Bertz CT molecular complexity index is 798. The van der Waals surface area contributed by atoms with Crippen molar-refractivity contribution >= 4 is 32.5 Å². The van der Waals surface area contributed by atoms with Gasteiger partial charge in [-0.1, -0.05) is 6.07 Å². The largest absolute Gasteiger partial charge is 0.308 e. The SMILES string of the molecule is Cc1ccc2c(c1)n1c(Br)ccc1c(=O)n2C. The summed E-state index contributed by atoms with van der Waals surface area (Å²) < 4.78 is 4.54. The predicted octanol–water partition coefficient (Wildman–Crippen LogP) is 2.86. The zero-order valence-electron chi connectivity index (χ0n) is 9.57. The summed E-state index contributed by atoms with van der Waals surface area (Å²) in [4.78, 5) is 12.2. The molecule has 0 aliphatic rings. The lowest BCUT2D eigenvalue weighted by molar-refractivity contribution is 0.898. The number of nitrogens with zero attached hydrogens (tertiary/aromatic N) is 2. The first-order chi connectivity index (χ1) is 8.09. The fraction of sp³-hybridized carbons (Fsp3) is 0.154. The van der Waals surface area contributed by atoms with Gasteiger partial charge in [-0.25, -0.2) is 0 Å². The highest BCUT2D eigenvalue weighted by Gasteiger charge is 2.10. The zero-order valence-corrected chi connectivity index (χ0v) is 11.2. The van der Waals surface area contributed by atoms with Crippen LogP contribution >= 0.6 is 15.9 Å². The number of hydrogen-bond donors (Lipinski definition) is 0. The van der Waals surface area contributed by atoms with Crippen LogP contribution in [0.15, 0.2) is 39.7 Å². The Morgan fingerprint density at radius 1 is 1.06 bits per heavy atom. The highest BCUT2D eigenvalue weighted by atomic mass is 79.9. The topological polar surface area (TPSA) is 26.4 Å². The fourth-order valence-electron chi connectivity index (χ4n) is 2.20. The molecule has 0 unspecified atom stereocenters. The van der Waals surface area contributed by atoms with E-state index in [0.717, 1.165) is 15.6 Å². The number of aromatic nitrogens is 2. The Labute approximate surface area is 106 Å². The van der Waals surface area contributed by atoms with Crippen LogP contribution in [0.25, 0.3) is 16.6 Å². The van der Waals surface area contributed by atoms with Crippen molar-refractivity contribution < 1.29 is 0 Å². The van der Waals surface area contributed by atoms with E-state index >= 15 is 0 Å². The minimum Gasteiger partial charge on any atom is -0.308 e. The van der Waals surface area contributed by atoms with Gasteiger partial charge in [-0.15, -0.1) is 0 Å². The van der Waals surface area contributed by atoms with Crippen LogP contribution < -0.4 is 5.56 Å². The molecule has 0 N–H and O–H groups in total. The molecule has 0 aliphatic carbocycles. The molecule has 86 valence electrons. The summed E-state index contributed by atoms with van der Waals surface area (Å²) in [5.41, 5.74) is 3.87. The van der Waals surface area contributed by atoms with Crippen LogP contribution in [0.3, 0.4) is 0 Å². The van der Waals surface area contributed by atoms with Crippen molar-refractivity contribution in [1.82, 2.24) is 8.97 Å². The van der Waals surface area contributed by atoms with Gasteiger partial charge in [0, 0.05) is 7.05 Å². The third kappa shape index (κ3) is 1.37. The highest BCUT2D eigenvalue weighted by molar-refractivity contribution is 9.10. The van der Waals surface area contributed by atoms with E-state index in [-0.39, 0.29) is 5.56 Å². The maximum absolute atomic E-state index is 12.2. The maximum Gasteiger partial charge on any atom is 0.275 e. The molecule has 17 heavy (non-hydrogen) atoms. The summed E-state index contributed by atoms with van der Waals surface area (Å²) in [5.74, 6) is 0. The molecule has 3 rings (SSSR count). The van der Waals surface area contributed by atoms with E-state index in [1.165, 1.54) is 5.56 Å². The first-order valence-corrected chi connectivity index (χ1v) is 6.15. The van der Waals surface area contributed by atoms with E-state index in [4.69, 9.17) is 0 Å². The van der Waals surface area contributed by atoms with Gasteiger partial charge in [-0.3, -0.25) is 9.20 Å². The van der Waals surface area contributed by atoms with Gasteiger partial charge in [0.05, 0.1) is 15.6 Å². The minimum absolute atomic E-state index is 0.0204. The molecule has 0 spiro atoms. The smallest absolute Gasteiger partial charge is 0.275 e. The number of rotatable bonds is 0. The lowest BCUT2D eigenvalue weighted by atomic mass is 10.2. The Morgan fingerprint density at radius 2 is 1.76 bits per heavy atom. The third-order valence-electron chi connectivity index (χ3n) is 3.09. The lowest BCUT2D eigenvalue weighted by Crippen LogP contribution is -2.19. The van der Waals surface area contributed by atoms with Gasteiger partial charge in [0.2, 0.25) is 0 Å². The van der Waals surface area contributed by atoms with E-state index in [2.05, 4.69) is 22.0 Å². The maximum atomic E-state index is 12.2. The van der Waals surface area contributed by atoms with E-state index in [1.807, 2.05) is 35.6 Å². The van der Waals surface area contributed by atoms with Gasteiger partial charge in [-0.05, 0) is 52.7 Å². The van der Waals surface area contributed by atoms with Gasteiger partial charge in [0.25, 0.3) is 5.56 Å². The highest BCUT2D eigenvalue weighted by Crippen LogP contribution is 2.21. The molecule has 2 aromatic heterocycles. The second-order valence-electron chi connectivity index (χ2n) is 4.23. The summed E-state index contributed by atoms with van der Waals surface area (Å²) in [5, 5.41) is 0. The van der Waals surface area contributed by atoms with Crippen molar-refractivity contribution in [3.8, 4) is 0 Å². The normalized spacial score (nSPS) is 11.5. The number of hydrogen-bond acceptors (Lipinski definition) is 1. The Hall–Kier alpha value is -1.55. The lowest BCUT2D eigenvalue weighted by Gasteiger charge is -2.09. The van der Waals surface area contributed by atoms with Crippen molar-refractivity contribution in [2.24, 2.45) is 7.05 Å². The standard InChI is InChI=1S/C13H11BrN2O/c1-8-3-4-9-11(7-8)16-10(5-6-12(16)14)13(17)15(9)2/h3-7H,1-2H3. The summed E-state index contributed by atoms with van der Waals surface area (Å²) in [6, 6.07) is 9.84. The summed E-state index contributed by atoms with van der Waals surface area (Å²) >= 11 is 3.49. The van der Waals surface area contributed by atoms with Crippen molar-refractivity contribution in [3.05, 3.63) is 50.9 Å². The van der Waals surface area contributed by atoms with Crippen molar-refractivity contribution in [2.75, 3.05) is 0 Å². The molecule has 3 aromatic rings. The molecule has 1 aromatic carbocycles. The molecule has 4 heteroatoms. The van der Waals surface area contributed by atoms with Crippen molar-refractivity contribution in [1.29, 1.82) is 0 Å². The van der Waals surface area contributed by atoms with Crippen LogP contribution in [0.1, 0.15) is 5.56 Å². The fourth-order valence-corrected chi connectivity index (χ4v) is 2.72.